The number of phenolic OH excluding ortho intramolecular Hbond substituents is 1. The predicted octanol–water partition coefficient (Wildman–Crippen LogP) is 4.32. The van der Waals surface area contributed by atoms with E-state index in [4.69, 9.17) is 15.9 Å². The molecule has 4 rings (SSSR count). The van der Waals surface area contributed by atoms with Gasteiger partial charge in [0.1, 0.15) is 17.2 Å². The van der Waals surface area contributed by atoms with E-state index in [0.717, 1.165) is 18.1 Å². The number of carbonyl (C=O) groups is 2. The fourth-order valence-electron chi connectivity index (χ4n) is 4.59. The van der Waals surface area contributed by atoms with E-state index < -0.39 is 29.3 Å². The Hall–Kier alpha value is -4.55. The van der Waals surface area contributed by atoms with Gasteiger partial charge in [-0.2, -0.15) is 18.3 Å². The van der Waals surface area contributed by atoms with Crippen molar-refractivity contribution >= 4 is 17.8 Å². The van der Waals surface area contributed by atoms with Crippen LogP contribution in [-0.2, 0) is 36.8 Å². The summed E-state index contributed by atoms with van der Waals surface area (Å²) in [7, 11) is 0. The van der Waals surface area contributed by atoms with Gasteiger partial charge in [-0.1, -0.05) is 0 Å². The molecule has 0 saturated heterocycles. The molecular formula is C28H31F3N6O4. The van der Waals surface area contributed by atoms with Gasteiger partial charge >= 0.3 is 12.3 Å². The van der Waals surface area contributed by atoms with Crippen molar-refractivity contribution in [2.45, 2.75) is 64.9 Å². The van der Waals surface area contributed by atoms with Crippen molar-refractivity contribution in [1.82, 2.24) is 20.4 Å². The zero-order valence-corrected chi connectivity index (χ0v) is 22.8. The first-order valence-electron chi connectivity index (χ1n) is 12.9. The van der Waals surface area contributed by atoms with Crippen LogP contribution >= 0.6 is 0 Å². The fourth-order valence-corrected chi connectivity index (χ4v) is 4.59. The van der Waals surface area contributed by atoms with E-state index in [1.165, 1.54) is 35.0 Å². The zero-order valence-electron chi connectivity index (χ0n) is 22.8. The highest BCUT2D eigenvalue weighted by molar-refractivity contribution is 5.96. The fraction of sp³-hybridized carbons (Fsp3) is 0.357. The molecule has 1 aliphatic rings. The van der Waals surface area contributed by atoms with E-state index in [-0.39, 0.29) is 41.5 Å². The Morgan fingerprint density at radius 3 is 2.44 bits per heavy atom. The number of alkyl carbamates (subject to hydrolysis) is 1. The minimum atomic E-state index is -4.80. The van der Waals surface area contributed by atoms with Gasteiger partial charge in [-0.3, -0.25) is 10.2 Å². The van der Waals surface area contributed by atoms with Gasteiger partial charge < -0.3 is 26.2 Å². The van der Waals surface area contributed by atoms with Crippen LogP contribution in [0.15, 0.2) is 36.4 Å². The largest absolute Gasteiger partial charge is 0.508 e. The van der Waals surface area contributed by atoms with E-state index in [1.807, 2.05) is 0 Å². The number of benzene rings is 2. The lowest BCUT2D eigenvalue weighted by Gasteiger charge is -2.19. The predicted molar refractivity (Wildman–Crippen MR) is 144 cm³/mol. The van der Waals surface area contributed by atoms with Crippen LogP contribution in [0.3, 0.4) is 0 Å². The summed E-state index contributed by atoms with van der Waals surface area (Å²) in [5, 5.41) is 27.1. The number of hydrogen-bond donors (Lipinski definition) is 5. The maximum absolute atomic E-state index is 14.3. The highest BCUT2D eigenvalue weighted by Crippen LogP contribution is 2.37. The lowest BCUT2D eigenvalue weighted by atomic mass is 10.1. The standard InChI is InChI=1S/C28H31F3N6O4/c1-27(2,3)41-26(40)35-14-20-18-5-4-6-21(18)37(36-20)22-9-7-16(12-19(22)28(29,30)31)25(39)34-13-17-11-15(24(32)33)8-10-23(17)38/h7-12,38H,4-6,13-14H2,1-3H3,(H3,32,33)(H,34,39)(H,35,40). The number of nitrogens with one attached hydrogen (secondary N) is 3. The first-order valence-corrected chi connectivity index (χ1v) is 12.9. The molecule has 0 fully saturated rings. The van der Waals surface area contributed by atoms with E-state index in [0.29, 0.717) is 29.8 Å². The normalized spacial score (nSPS) is 13.0. The molecule has 0 atom stereocenters. The molecule has 0 saturated carbocycles. The third-order valence-corrected chi connectivity index (χ3v) is 6.43. The lowest BCUT2D eigenvalue weighted by Crippen LogP contribution is -2.32. The van der Waals surface area contributed by atoms with Crippen molar-refractivity contribution in [2.24, 2.45) is 5.73 Å². The molecule has 218 valence electrons. The first-order chi connectivity index (χ1) is 19.1. The van der Waals surface area contributed by atoms with Crippen LogP contribution in [0.1, 0.15) is 71.2 Å². The number of carbonyl (C=O) groups excluding carboxylic acids is 2. The van der Waals surface area contributed by atoms with E-state index in [9.17, 15) is 27.9 Å². The Balaban J connectivity index is 1.60. The quantitative estimate of drug-likeness (QED) is 0.210. The van der Waals surface area contributed by atoms with Gasteiger partial charge in [-0.15, -0.1) is 0 Å². The number of amides is 2. The number of phenols is 1. The number of halogens is 3. The molecule has 1 aliphatic carbocycles. The molecule has 1 heterocycles. The number of amidine groups is 1. The number of rotatable bonds is 7. The molecule has 41 heavy (non-hydrogen) atoms. The van der Waals surface area contributed by atoms with E-state index in [1.54, 1.807) is 20.8 Å². The van der Waals surface area contributed by atoms with Crippen molar-refractivity contribution in [1.29, 1.82) is 5.41 Å². The molecular weight excluding hydrogens is 541 g/mol. The highest BCUT2D eigenvalue weighted by Gasteiger charge is 2.36. The summed E-state index contributed by atoms with van der Waals surface area (Å²) in [4.78, 5) is 24.9. The average Bonchev–Trinajstić information content (AvgIpc) is 3.48. The molecule has 0 spiro atoms. The van der Waals surface area contributed by atoms with Crippen molar-refractivity contribution in [3.63, 3.8) is 0 Å². The van der Waals surface area contributed by atoms with Gasteiger partial charge in [0.25, 0.3) is 5.91 Å². The molecule has 10 nitrogen and oxygen atoms in total. The third-order valence-electron chi connectivity index (χ3n) is 6.43. The maximum atomic E-state index is 14.3. The van der Waals surface area contributed by atoms with Crippen molar-refractivity contribution in [3.05, 3.63) is 75.6 Å². The van der Waals surface area contributed by atoms with Gasteiger partial charge in [0.05, 0.1) is 23.5 Å². The molecule has 6 N–H and O–H groups in total. The van der Waals surface area contributed by atoms with Crippen molar-refractivity contribution in [2.75, 3.05) is 0 Å². The third kappa shape index (κ3) is 6.79. The smallest absolute Gasteiger partial charge is 0.418 e. The average molecular weight is 573 g/mol. The summed E-state index contributed by atoms with van der Waals surface area (Å²) in [5.74, 6) is -1.19. The summed E-state index contributed by atoms with van der Waals surface area (Å²) in [6.07, 6.45) is -3.61. The maximum Gasteiger partial charge on any atom is 0.418 e. The zero-order chi connectivity index (χ0) is 30.1. The second kappa shape index (κ2) is 11.1. The van der Waals surface area contributed by atoms with Crippen LogP contribution in [-0.4, -0.2) is 38.3 Å². The molecule has 0 aliphatic heterocycles. The van der Waals surface area contributed by atoms with E-state index in [2.05, 4.69) is 15.7 Å². The Labute approximate surface area is 234 Å². The Morgan fingerprint density at radius 2 is 1.78 bits per heavy atom. The topological polar surface area (TPSA) is 155 Å². The van der Waals surface area contributed by atoms with Gasteiger partial charge in [0.15, 0.2) is 0 Å². The Bertz CT molecular complexity index is 1510. The first kappa shape index (κ1) is 29.4. The summed E-state index contributed by atoms with van der Waals surface area (Å²) in [6.45, 7) is 4.95. The molecule has 1 aromatic heterocycles. The summed E-state index contributed by atoms with van der Waals surface area (Å²) < 4.78 is 49.3. The summed E-state index contributed by atoms with van der Waals surface area (Å²) in [6, 6.07) is 7.39. The monoisotopic (exact) mass is 572 g/mol. The number of aromatic nitrogens is 2. The molecule has 0 radical (unpaired) electrons. The van der Waals surface area contributed by atoms with Crippen LogP contribution in [0.2, 0.25) is 0 Å². The van der Waals surface area contributed by atoms with Crippen LogP contribution < -0.4 is 16.4 Å². The number of ether oxygens (including phenoxy) is 1. The summed E-state index contributed by atoms with van der Waals surface area (Å²) in [5.41, 5.74) is 5.66. The molecule has 3 aromatic rings. The van der Waals surface area contributed by atoms with Crippen molar-refractivity contribution in [3.8, 4) is 11.4 Å². The number of nitrogens with two attached hydrogens (primary N) is 1. The van der Waals surface area contributed by atoms with Gasteiger partial charge in [0.2, 0.25) is 0 Å². The summed E-state index contributed by atoms with van der Waals surface area (Å²) >= 11 is 0. The molecule has 0 unspecified atom stereocenters. The number of fused-ring (bicyclic) bond motifs is 1. The van der Waals surface area contributed by atoms with Crippen molar-refractivity contribution < 1.29 is 32.6 Å². The number of aromatic hydroxyl groups is 1. The van der Waals surface area contributed by atoms with Crippen LogP contribution in [0, 0.1) is 5.41 Å². The Morgan fingerprint density at radius 1 is 1.07 bits per heavy atom. The SMILES string of the molecule is CC(C)(C)OC(=O)NCc1nn(-c2ccc(C(=O)NCc3cc(C(=N)N)ccc3O)cc2C(F)(F)F)c2c1CCC2. The molecule has 0 bridgehead atoms. The van der Waals surface area contributed by atoms with Crippen LogP contribution in [0.5, 0.6) is 5.75 Å². The Kier molecular flexibility index (Phi) is 8.00. The van der Waals surface area contributed by atoms with Crippen LogP contribution in [0.4, 0.5) is 18.0 Å². The minimum Gasteiger partial charge on any atom is -0.508 e. The van der Waals surface area contributed by atoms with Crippen LogP contribution in [0.25, 0.3) is 5.69 Å². The van der Waals surface area contributed by atoms with Gasteiger partial charge in [-0.05, 0) is 82.0 Å². The second-order valence-corrected chi connectivity index (χ2v) is 10.7. The number of nitrogens with zero attached hydrogens (tertiary/aromatic N) is 2. The van der Waals surface area contributed by atoms with Gasteiger partial charge in [-0.25, -0.2) is 9.48 Å². The molecule has 2 amide bonds. The minimum absolute atomic E-state index is 0.0102. The second-order valence-electron chi connectivity index (χ2n) is 10.7. The molecule has 2 aromatic carbocycles. The number of nitrogen functional groups attached to an aromatic ring is 1. The van der Waals surface area contributed by atoms with Gasteiger partial charge in [0, 0.05) is 28.9 Å². The lowest BCUT2D eigenvalue weighted by molar-refractivity contribution is -0.137. The number of alkyl halides is 3. The van der Waals surface area contributed by atoms with E-state index >= 15 is 0 Å². The highest BCUT2D eigenvalue weighted by atomic mass is 19.4. The molecule has 13 heteroatoms. The number of hydrogen-bond acceptors (Lipinski definition) is 6.